The third kappa shape index (κ3) is 5.28. The van der Waals surface area contributed by atoms with E-state index in [9.17, 15) is 18.0 Å². The van der Waals surface area contributed by atoms with Crippen LogP contribution in [0, 0.1) is 0 Å². The Morgan fingerprint density at radius 1 is 1.16 bits per heavy atom. The number of likely N-dealkylation sites (tertiary alicyclic amines) is 1. The first-order valence-electron chi connectivity index (χ1n) is 12.7. The average molecular weight is 545 g/mol. The van der Waals surface area contributed by atoms with E-state index in [0.717, 1.165) is 10.7 Å². The van der Waals surface area contributed by atoms with Crippen molar-refractivity contribution in [3.8, 4) is 0 Å². The molecule has 2 aromatic heterocycles. The molecule has 0 saturated carbocycles. The van der Waals surface area contributed by atoms with Crippen LogP contribution in [-0.4, -0.2) is 71.3 Å². The maximum absolute atomic E-state index is 12.9. The van der Waals surface area contributed by atoms with Crippen LogP contribution in [-0.2, 0) is 20.3 Å². The summed E-state index contributed by atoms with van der Waals surface area (Å²) in [6.07, 6.45) is 3.35. The van der Waals surface area contributed by atoms with Crippen LogP contribution in [0.4, 0.5) is 16.3 Å². The Kier molecular flexibility index (Phi) is 7.32. The van der Waals surface area contributed by atoms with Gasteiger partial charge in [0.1, 0.15) is 11.0 Å². The molecular weight excluding hydrogens is 508 g/mol. The molecule has 2 N–H and O–H groups in total. The number of pyridine rings is 1. The summed E-state index contributed by atoms with van der Waals surface area (Å²) < 4.78 is 33.4. The van der Waals surface area contributed by atoms with E-state index in [0.29, 0.717) is 48.3 Å². The molecule has 1 aromatic carbocycles. The van der Waals surface area contributed by atoms with E-state index in [2.05, 4.69) is 17.2 Å². The first-order valence-corrected chi connectivity index (χ1v) is 14.1. The second kappa shape index (κ2) is 10.1. The number of aromatic nitrogens is 3. The van der Waals surface area contributed by atoms with Gasteiger partial charge in [-0.2, -0.15) is 5.10 Å². The van der Waals surface area contributed by atoms with Crippen molar-refractivity contribution < 1.29 is 17.9 Å². The van der Waals surface area contributed by atoms with Crippen LogP contribution in [0.3, 0.4) is 0 Å². The van der Waals surface area contributed by atoms with Crippen molar-refractivity contribution in [2.75, 3.05) is 32.5 Å². The summed E-state index contributed by atoms with van der Waals surface area (Å²) in [5.41, 5.74) is 0.0537. The number of hydrogen-bond acceptors (Lipinski definition) is 7. The Balaban J connectivity index is 1.66. The number of H-pyrrole nitrogens is 1. The summed E-state index contributed by atoms with van der Waals surface area (Å²) in [6, 6.07) is 8.15. The van der Waals surface area contributed by atoms with Crippen molar-refractivity contribution in [2.45, 2.75) is 63.0 Å². The number of amides is 1. The quantitative estimate of drug-likeness (QED) is 0.482. The molecule has 11 nitrogen and oxygen atoms in total. The number of hydrogen-bond donors (Lipinski definition) is 2. The Bertz CT molecular complexity index is 1480. The third-order valence-corrected chi connectivity index (χ3v) is 8.78. The lowest BCUT2D eigenvalue weighted by Gasteiger charge is -2.42. The van der Waals surface area contributed by atoms with Crippen molar-refractivity contribution >= 4 is 38.5 Å². The number of anilines is 2. The van der Waals surface area contributed by atoms with Crippen molar-refractivity contribution in [3.63, 3.8) is 0 Å². The zero-order valence-corrected chi connectivity index (χ0v) is 23.6. The monoisotopic (exact) mass is 544 g/mol. The standard InChI is InChI=1S/C26H36N6O5S/c1-7-26(13-16-31(17-14-26)24(34)37-25(2,3)4)32-20-12-15-27-23(33)21(20)22(29-32)28-18-8-10-19(11-9-18)38(35,36)30(5)6/h8-12,15H,7,13-14,16-17H2,1-6H3,(H,27,33)(H,28,29). The van der Waals surface area contributed by atoms with Crippen molar-refractivity contribution in [2.24, 2.45) is 0 Å². The predicted molar refractivity (Wildman–Crippen MR) is 146 cm³/mol. The number of fused-ring (bicyclic) bond motifs is 1. The summed E-state index contributed by atoms with van der Waals surface area (Å²) in [5, 5.41) is 8.49. The predicted octanol–water partition coefficient (Wildman–Crippen LogP) is 3.85. The smallest absolute Gasteiger partial charge is 0.410 e. The van der Waals surface area contributed by atoms with E-state index in [-0.39, 0.29) is 16.5 Å². The van der Waals surface area contributed by atoms with Gasteiger partial charge < -0.3 is 19.9 Å². The first-order chi connectivity index (χ1) is 17.8. The molecule has 0 unspecified atom stereocenters. The molecule has 3 heterocycles. The fraction of sp³-hybridized carbons (Fsp3) is 0.500. The first kappa shape index (κ1) is 27.6. The second-order valence-corrected chi connectivity index (χ2v) is 13.0. The molecule has 1 saturated heterocycles. The normalized spacial score (nSPS) is 16.1. The lowest BCUT2D eigenvalue weighted by Crippen LogP contribution is -2.49. The lowest BCUT2D eigenvalue weighted by molar-refractivity contribution is 0.0101. The van der Waals surface area contributed by atoms with Crippen LogP contribution < -0.4 is 10.9 Å². The van der Waals surface area contributed by atoms with E-state index < -0.39 is 21.2 Å². The van der Waals surface area contributed by atoms with Crippen molar-refractivity contribution in [3.05, 3.63) is 46.9 Å². The third-order valence-electron chi connectivity index (χ3n) is 6.95. The SMILES string of the molecule is CCC1(n2nc(Nc3ccc(S(=O)(=O)N(C)C)cc3)c3c(=O)[nH]ccc32)CCN(C(=O)OC(C)(C)C)CC1. The Morgan fingerprint density at radius 3 is 2.34 bits per heavy atom. The van der Waals surface area contributed by atoms with Gasteiger partial charge in [-0.15, -0.1) is 0 Å². The van der Waals surface area contributed by atoms with Gasteiger partial charge in [-0.05, 0) is 70.4 Å². The second-order valence-electron chi connectivity index (χ2n) is 10.8. The summed E-state index contributed by atoms with van der Waals surface area (Å²) in [4.78, 5) is 30.2. The highest BCUT2D eigenvalue weighted by Crippen LogP contribution is 2.37. The number of piperidine rings is 1. The number of ether oxygens (including phenoxy) is 1. The van der Waals surface area contributed by atoms with Gasteiger partial charge >= 0.3 is 6.09 Å². The molecule has 1 aliphatic rings. The van der Waals surface area contributed by atoms with E-state index in [4.69, 9.17) is 9.84 Å². The number of nitrogens with zero attached hydrogens (tertiary/aromatic N) is 4. The molecule has 12 heteroatoms. The molecule has 0 spiro atoms. The number of sulfonamides is 1. The lowest BCUT2D eigenvalue weighted by atomic mass is 9.85. The fourth-order valence-electron chi connectivity index (χ4n) is 4.73. The maximum atomic E-state index is 12.9. The van der Waals surface area contributed by atoms with Gasteiger partial charge in [-0.3, -0.25) is 9.48 Å². The minimum atomic E-state index is -3.56. The molecule has 1 aliphatic heterocycles. The van der Waals surface area contributed by atoms with E-state index in [1.807, 2.05) is 31.5 Å². The highest BCUT2D eigenvalue weighted by Gasteiger charge is 2.39. The molecule has 3 aromatic rings. The molecule has 1 fully saturated rings. The number of carbonyl (C=O) groups is 1. The number of rotatable bonds is 6. The van der Waals surface area contributed by atoms with Crippen LogP contribution in [0.2, 0.25) is 0 Å². The summed E-state index contributed by atoms with van der Waals surface area (Å²) in [6.45, 7) is 8.65. The summed E-state index contributed by atoms with van der Waals surface area (Å²) in [7, 11) is -0.596. The van der Waals surface area contributed by atoms with Crippen LogP contribution in [0.25, 0.3) is 10.9 Å². The average Bonchev–Trinajstić information content (AvgIpc) is 3.23. The minimum absolute atomic E-state index is 0.169. The highest BCUT2D eigenvalue weighted by atomic mass is 32.2. The Morgan fingerprint density at radius 2 is 1.79 bits per heavy atom. The molecule has 0 atom stereocenters. The molecule has 38 heavy (non-hydrogen) atoms. The zero-order valence-electron chi connectivity index (χ0n) is 22.7. The molecule has 0 radical (unpaired) electrons. The van der Waals surface area contributed by atoms with Gasteiger partial charge in [0.25, 0.3) is 5.56 Å². The fourth-order valence-corrected chi connectivity index (χ4v) is 5.63. The Labute approximate surface area is 222 Å². The number of nitrogens with one attached hydrogen (secondary N) is 2. The van der Waals surface area contributed by atoms with Crippen LogP contribution in [0.5, 0.6) is 0 Å². The van der Waals surface area contributed by atoms with Crippen molar-refractivity contribution in [1.29, 1.82) is 0 Å². The van der Waals surface area contributed by atoms with Crippen LogP contribution in [0.15, 0.2) is 46.2 Å². The van der Waals surface area contributed by atoms with Crippen molar-refractivity contribution in [1.82, 2.24) is 24.0 Å². The highest BCUT2D eigenvalue weighted by molar-refractivity contribution is 7.89. The zero-order chi connectivity index (χ0) is 27.9. The van der Waals surface area contributed by atoms with Gasteiger partial charge in [-0.1, -0.05) is 6.92 Å². The molecule has 0 aliphatic carbocycles. The number of benzene rings is 1. The molecular formula is C26H36N6O5S. The number of carbonyl (C=O) groups excluding carboxylic acids is 1. The van der Waals surface area contributed by atoms with E-state index in [1.54, 1.807) is 23.2 Å². The molecule has 206 valence electrons. The van der Waals surface area contributed by atoms with Gasteiger partial charge in [0, 0.05) is 39.1 Å². The van der Waals surface area contributed by atoms with Crippen LogP contribution in [0.1, 0.15) is 47.0 Å². The number of aromatic amines is 1. The molecule has 0 bridgehead atoms. The van der Waals surface area contributed by atoms with Gasteiger partial charge in [0.15, 0.2) is 5.82 Å². The summed E-state index contributed by atoms with van der Waals surface area (Å²) >= 11 is 0. The summed E-state index contributed by atoms with van der Waals surface area (Å²) in [5.74, 6) is 0.382. The maximum Gasteiger partial charge on any atom is 0.410 e. The molecule has 1 amide bonds. The molecule has 4 rings (SSSR count). The van der Waals surface area contributed by atoms with E-state index >= 15 is 0 Å². The minimum Gasteiger partial charge on any atom is -0.444 e. The topological polar surface area (TPSA) is 130 Å². The van der Waals surface area contributed by atoms with Gasteiger partial charge in [0.2, 0.25) is 10.0 Å². The van der Waals surface area contributed by atoms with Gasteiger partial charge in [0.05, 0.1) is 16.0 Å². The van der Waals surface area contributed by atoms with E-state index in [1.165, 1.54) is 26.2 Å². The van der Waals surface area contributed by atoms with Gasteiger partial charge in [-0.25, -0.2) is 17.5 Å². The Hall–Kier alpha value is -3.38. The van der Waals surface area contributed by atoms with Crippen LogP contribution >= 0.6 is 0 Å². The largest absolute Gasteiger partial charge is 0.444 e.